The second kappa shape index (κ2) is 4.84. The molecule has 4 aromatic rings. The van der Waals surface area contributed by atoms with Crippen LogP contribution in [0.15, 0.2) is 36.4 Å². The molecular weight excluding hydrogens is 292 g/mol. The molecule has 23 heavy (non-hydrogen) atoms. The van der Waals surface area contributed by atoms with Gasteiger partial charge in [-0.25, -0.2) is 9.97 Å². The minimum atomic E-state index is 0.0279. The molecule has 0 radical (unpaired) electrons. The number of aromatic hydroxyl groups is 1. The van der Waals surface area contributed by atoms with Crippen molar-refractivity contribution in [3.05, 3.63) is 53.6 Å². The first-order valence-corrected chi connectivity index (χ1v) is 7.09. The summed E-state index contributed by atoms with van der Waals surface area (Å²) >= 11 is 0. The van der Waals surface area contributed by atoms with E-state index in [4.69, 9.17) is 11.1 Å². The van der Waals surface area contributed by atoms with Crippen LogP contribution in [0.1, 0.15) is 17.2 Å². The van der Waals surface area contributed by atoms with E-state index < -0.39 is 0 Å². The number of phenolic OH excluding ortho intramolecular Hbond substituents is 1. The van der Waals surface area contributed by atoms with Crippen molar-refractivity contribution in [1.29, 1.82) is 5.41 Å². The molecule has 2 aromatic heterocycles. The second-order valence-electron chi connectivity index (χ2n) is 5.39. The van der Waals surface area contributed by atoms with Gasteiger partial charge in [0.1, 0.15) is 23.2 Å². The molecule has 0 spiro atoms. The number of aromatic nitrogens is 4. The van der Waals surface area contributed by atoms with Crippen LogP contribution in [0.4, 0.5) is 0 Å². The monoisotopic (exact) mass is 306 g/mol. The first kappa shape index (κ1) is 13.3. The fourth-order valence-electron chi connectivity index (χ4n) is 2.61. The maximum atomic E-state index is 9.50. The molecule has 4 rings (SSSR count). The van der Waals surface area contributed by atoms with E-state index in [1.54, 1.807) is 24.3 Å². The van der Waals surface area contributed by atoms with Crippen molar-refractivity contribution in [1.82, 2.24) is 19.9 Å². The molecule has 2 heterocycles. The summed E-state index contributed by atoms with van der Waals surface area (Å²) < 4.78 is 0. The van der Waals surface area contributed by atoms with Crippen LogP contribution in [0.25, 0.3) is 22.1 Å². The van der Waals surface area contributed by atoms with E-state index in [9.17, 15) is 5.11 Å². The molecule has 6 N–H and O–H groups in total. The highest BCUT2D eigenvalue weighted by Gasteiger charge is 2.09. The number of nitrogens with two attached hydrogens (primary N) is 1. The van der Waals surface area contributed by atoms with Crippen molar-refractivity contribution in [3.63, 3.8) is 0 Å². The van der Waals surface area contributed by atoms with Gasteiger partial charge in [0.2, 0.25) is 0 Å². The zero-order chi connectivity index (χ0) is 16.0. The van der Waals surface area contributed by atoms with Gasteiger partial charge in [0.25, 0.3) is 0 Å². The molecule has 114 valence electrons. The van der Waals surface area contributed by atoms with Gasteiger partial charge in [0.15, 0.2) is 0 Å². The highest BCUT2D eigenvalue weighted by Crippen LogP contribution is 2.19. The standard InChI is InChI=1S/C16H14N6O/c17-16(18)8-1-3-10-12(5-8)21-14(19-10)7-15-20-11-4-2-9(23)6-13(11)22-15/h1-6,23H,7H2,(H3,17,18)(H,19,21)(H,20,22). The van der Waals surface area contributed by atoms with Crippen molar-refractivity contribution in [3.8, 4) is 5.75 Å². The number of hydrogen-bond acceptors (Lipinski definition) is 4. The molecule has 7 nitrogen and oxygen atoms in total. The van der Waals surface area contributed by atoms with E-state index in [0.29, 0.717) is 12.0 Å². The quantitative estimate of drug-likeness (QED) is 0.293. The maximum Gasteiger partial charge on any atom is 0.122 e. The van der Waals surface area contributed by atoms with Crippen LogP contribution >= 0.6 is 0 Å². The van der Waals surface area contributed by atoms with E-state index in [-0.39, 0.29) is 11.6 Å². The Kier molecular flexibility index (Phi) is 2.80. The third kappa shape index (κ3) is 2.38. The number of aromatic amines is 2. The van der Waals surface area contributed by atoms with E-state index >= 15 is 0 Å². The Labute approximate surface area is 130 Å². The lowest BCUT2D eigenvalue weighted by Crippen LogP contribution is -2.10. The minimum Gasteiger partial charge on any atom is -0.508 e. The number of nitrogen functional groups attached to an aromatic ring is 1. The van der Waals surface area contributed by atoms with Gasteiger partial charge >= 0.3 is 0 Å². The zero-order valence-electron chi connectivity index (χ0n) is 12.1. The van der Waals surface area contributed by atoms with Crippen molar-refractivity contribution in [2.24, 2.45) is 5.73 Å². The fraction of sp³-hybridized carbons (Fsp3) is 0.0625. The molecule has 0 fully saturated rings. The topological polar surface area (TPSA) is 127 Å². The second-order valence-corrected chi connectivity index (χ2v) is 5.39. The molecule has 2 aromatic carbocycles. The number of fused-ring (bicyclic) bond motifs is 2. The number of rotatable bonds is 3. The lowest BCUT2D eigenvalue weighted by Gasteiger charge is -1.96. The lowest BCUT2D eigenvalue weighted by atomic mass is 10.2. The van der Waals surface area contributed by atoms with Crippen LogP contribution in [0.5, 0.6) is 5.75 Å². The molecule has 0 aliphatic rings. The molecule has 0 bridgehead atoms. The average Bonchev–Trinajstić information content (AvgIpc) is 3.08. The molecule has 0 saturated carbocycles. The summed E-state index contributed by atoms with van der Waals surface area (Å²) in [6, 6.07) is 10.4. The number of benzene rings is 2. The van der Waals surface area contributed by atoms with Crippen molar-refractivity contribution >= 4 is 27.9 Å². The normalized spacial score (nSPS) is 11.3. The molecular formula is C16H14N6O. The van der Waals surface area contributed by atoms with E-state index in [0.717, 1.165) is 33.7 Å². The number of nitrogens with zero attached hydrogens (tertiary/aromatic N) is 2. The summed E-state index contributed by atoms with van der Waals surface area (Å²) in [5.74, 6) is 1.76. The first-order valence-electron chi connectivity index (χ1n) is 7.09. The van der Waals surface area contributed by atoms with Crippen molar-refractivity contribution in [2.75, 3.05) is 0 Å². The predicted molar refractivity (Wildman–Crippen MR) is 87.7 cm³/mol. The van der Waals surface area contributed by atoms with Gasteiger partial charge in [-0.15, -0.1) is 0 Å². The molecule has 7 heteroatoms. The Bertz CT molecular complexity index is 1050. The van der Waals surface area contributed by atoms with E-state index in [2.05, 4.69) is 19.9 Å². The number of H-pyrrole nitrogens is 2. The molecule has 0 saturated heterocycles. The summed E-state index contributed by atoms with van der Waals surface area (Å²) in [5, 5.41) is 17.0. The number of imidazole rings is 2. The Morgan fingerprint density at radius 3 is 2.26 bits per heavy atom. The third-order valence-corrected chi connectivity index (χ3v) is 3.69. The summed E-state index contributed by atoms with van der Waals surface area (Å²) in [6.07, 6.45) is 0.513. The van der Waals surface area contributed by atoms with E-state index in [1.165, 1.54) is 0 Å². The van der Waals surface area contributed by atoms with Gasteiger partial charge in [0.05, 0.1) is 28.5 Å². The molecule has 0 unspecified atom stereocenters. The number of hydrogen-bond donors (Lipinski definition) is 5. The van der Waals surface area contributed by atoms with Gasteiger partial charge in [-0.2, -0.15) is 0 Å². The van der Waals surface area contributed by atoms with Crippen LogP contribution in [0.2, 0.25) is 0 Å². The van der Waals surface area contributed by atoms with Crippen molar-refractivity contribution in [2.45, 2.75) is 6.42 Å². The van der Waals surface area contributed by atoms with Gasteiger partial charge in [-0.3, -0.25) is 5.41 Å². The highest BCUT2D eigenvalue weighted by molar-refractivity contribution is 5.97. The molecule has 0 atom stereocenters. The van der Waals surface area contributed by atoms with Crippen molar-refractivity contribution < 1.29 is 5.11 Å². The molecule has 0 aliphatic heterocycles. The zero-order valence-corrected chi connectivity index (χ0v) is 12.1. The summed E-state index contributed by atoms with van der Waals surface area (Å²) in [4.78, 5) is 15.4. The van der Waals surface area contributed by atoms with Crippen LogP contribution in [-0.2, 0) is 6.42 Å². The first-order chi connectivity index (χ1) is 11.1. The van der Waals surface area contributed by atoms with E-state index in [1.807, 2.05) is 12.1 Å². The highest BCUT2D eigenvalue weighted by atomic mass is 16.3. The largest absolute Gasteiger partial charge is 0.508 e. The maximum absolute atomic E-state index is 9.50. The lowest BCUT2D eigenvalue weighted by molar-refractivity contribution is 0.476. The van der Waals surface area contributed by atoms with Crippen LogP contribution in [0.3, 0.4) is 0 Å². The Balaban J connectivity index is 1.69. The predicted octanol–water partition coefficient (Wildman–Crippen LogP) is 2.02. The van der Waals surface area contributed by atoms with Gasteiger partial charge < -0.3 is 20.8 Å². The number of nitrogens with one attached hydrogen (secondary N) is 3. The average molecular weight is 306 g/mol. The summed E-state index contributed by atoms with van der Waals surface area (Å²) in [5.41, 5.74) is 9.40. The van der Waals surface area contributed by atoms with Gasteiger partial charge in [-0.05, 0) is 30.3 Å². The molecule has 0 aliphatic carbocycles. The molecule has 0 amide bonds. The SMILES string of the molecule is N=C(N)c1ccc2nc(Cc3nc4ccc(O)cc4[nH]3)[nH]c2c1. The van der Waals surface area contributed by atoms with Crippen LogP contribution in [-0.4, -0.2) is 30.9 Å². The van der Waals surface area contributed by atoms with Crippen LogP contribution < -0.4 is 5.73 Å². The van der Waals surface area contributed by atoms with Gasteiger partial charge in [-0.1, -0.05) is 0 Å². The smallest absolute Gasteiger partial charge is 0.122 e. The Hall–Kier alpha value is -3.35. The third-order valence-electron chi connectivity index (χ3n) is 3.69. The van der Waals surface area contributed by atoms with Crippen LogP contribution in [0, 0.1) is 5.41 Å². The summed E-state index contributed by atoms with van der Waals surface area (Å²) in [7, 11) is 0. The minimum absolute atomic E-state index is 0.0279. The number of phenols is 1. The Morgan fingerprint density at radius 1 is 1.00 bits per heavy atom. The number of amidine groups is 1. The fourth-order valence-corrected chi connectivity index (χ4v) is 2.61. The Morgan fingerprint density at radius 2 is 1.61 bits per heavy atom. The summed E-state index contributed by atoms with van der Waals surface area (Å²) in [6.45, 7) is 0. The van der Waals surface area contributed by atoms with Gasteiger partial charge in [0, 0.05) is 11.6 Å².